The third-order valence-electron chi connectivity index (χ3n) is 6.24. The van der Waals surface area contributed by atoms with Crippen molar-refractivity contribution in [2.24, 2.45) is 5.92 Å². The van der Waals surface area contributed by atoms with Gasteiger partial charge < -0.3 is 14.7 Å². The van der Waals surface area contributed by atoms with Crippen LogP contribution in [0.4, 0.5) is 0 Å². The molecule has 0 spiro atoms. The van der Waals surface area contributed by atoms with E-state index >= 15 is 0 Å². The molecule has 24 heavy (non-hydrogen) atoms. The lowest BCUT2D eigenvalue weighted by Gasteiger charge is -2.38. The Kier molecular flexibility index (Phi) is 4.13. The Morgan fingerprint density at radius 3 is 2.79 bits per heavy atom. The molecule has 0 bridgehead atoms. The Morgan fingerprint density at radius 1 is 1.29 bits per heavy atom. The van der Waals surface area contributed by atoms with Crippen molar-refractivity contribution < 1.29 is 14.6 Å². The first-order valence-corrected chi connectivity index (χ1v) is 9.26. The van der Waals surface area contributed by atoms with Crippen LogP contribution < -0.4 is 0 Å². The summed E-state index contributed by atoms with van der Waals surface area (Å²) < 4.78 is 5.60. The number of carbonyl (C=O) groups is 1. The quantitative estimate of drug-likeness (QED) is 0.926. The molecule has 4 rings (SSSR count). The van der Waals surface area contributed by atoms with Gasteiger partial charge in [-0.15, -0.1) is 0 Å². The average Bonchev–Trinajstić information content (AvgIpc) is 3.25. The lowest BCUT2D eigenvalue weighted by atomic mass is 9.87. The van der Waals surface area contributed by atoms with E-state index in [0.29, 0.717) is 19.6 Å². The molecule has 0 unspecified atom stereocenters. The molecular formula is C20H27NO3. The zero-order chi connectivity index (χ0) is 16.7. The van der Waals surface area contributed by atoms with Gasteiger partial charge in [0.05, 0.1) is 18.1 Å². The van der Waals surface area contributed by atoms with Gasteiger partial charge in [-0.2, -0.15) is 0 Å². The van der Waals surface area contributed by atoms with Crippen LogP contribution >= 0.6 is 0 Å². The molecule has 0 radical (unpaired) electrons. The summed E-state index contributed by atoms with van der Waals surface area (Å²) in [6.45, 7) is 4.13. The Balaban J connectivity index is 1.58. The van der Waals surface area contributed by atoms with Crippen molar-refractivity contribution >= 4 is 5.91 Å². The maximum atomic E-state index is 13.4. The second-order valence-corrected chi connectivity index (χ2v) is 7.70. The predicted molar refractivity (Wildman–Crippen MR) is 91.8 cm³/mol. The SMILES string of the molecule is Cc1ccccc1C1(C(=O)N2CCC[C@@H]2[C@H]2COCC[C@@H]2O)CC1. The predicted octanol–water partition coefficient (Wildman–Crippen LogP) is 2.42. The molecule has 1 aliphatic carbocycles. The second kappa shape index (κ2) is 6.16. The van der Waals surface area contributed by atoms with Crippen molar-refractivity contribution in [2.75, 3.05) is 19.8 Å². The minimum atomic E-state index is -0.342. The Hall–Kier alpha value is -1.39. The topological polar surface area (TPSA) is 49.8 Å². The van der Waals surface area contributed by atoms with Crippen LogP contribution in [0.25, 0.3) is 0 Å². The van der Waals surface area contributed by atoms with Gasteiger partial charge in [0.25, 0.3) is 0 Å². The Labute approximate surface area is 143 Å². The largest absolute Gasteiger partial charge is 0.393 e. The highest BCUT2D eigenvalue weighted by Gasteiger charge is 2.55. The number of benzene rings is 1. The number of likely N-dealkylation sites (tertiary alicyclic amines) is 1. The summed E-state index contributed by atoms with van der Waals surface area (Å²) in [5, 5.41) is 10.4. The lowest BCUT2D eigenvalue weighted by Crippen LogP contribution is -2.50. The number of rotatable bonds is 3. The number of amides is 1. The van der Waals surface area contributed by atoms with Crippen molar-refractivity contribution in [3.8, 4) is 0 Å². The molecule has 0 aromatic heterocycles. The fourth-order valence-corrected chi connectivity index (χ4v) is 4.71. The number of carbonyl (C=O) groups excluding carboxylic acids is 1. The van der Waals surface area contributed by atoms with Crippen molar-refractivity contribution in [3.05, 3.63) is 35.4 Å². The van der Waals surface area contributed by atoms with Gasteiger partial charge in [0, 0.05) is 25.1 Å². The highest BCUT2D eigenvalue weighted by molar-refractivity contribution is 5.92. The molecule has 3 atom stereocenters. The fourth-order valence-electron chi connectivity index (χ4n) is 4.71. The van der Waals surface area contributed by atoms with E-state index in [1.165, 1.54) is 11.1 Å². The monoisotopic (exact) mass is 329 g/mol. The van der Waals surface area contributed by atoms with E-state index < -0.39 is 0 Å². The van der Waals surface area contributed by atoms with E-state index in [9.17, 15) is 9.90 Å². The highest BCUT2D eigenvalue weighted by Crippen LogP contribution is 2.51. The van der Waals surface area contributed by atoms with Gasteiger partial charge >= 0.3 is 0 Å². The van der Waals surface area contributed by atoms with E-state index in [0.717, 1.165) is 32.2 Å². The Bertz CT molecular complexity index is 625. The Morgan fingerprint density at radius 2 is 2.08 bits per heavy atom. The van der Waals surface area contributed by atoms with Crippen LogP contribution in [0.2, 0.25) is 0 Å². The van der Waals surface area contributed by atoms with Crippen LogP contribution in [0.1, 0.15) is 43.2 Å². The van der Waals surface area contributed by atoms with E-state index in [1.54, 1.807) is 0 Å². The van der Waals surface area contributed by atoms with Gasteiger partial charge in [0.1, 0.15) is 0 Å². The van der Waals surface area contributed by atoms with Crippen LogP contribution in [0.5, 0.6) is 0 Å². The molecule has 2 saturated heterocycles. The highest BCUT2D eigenvalue weighted by atomic mass is 16.5. The first-order valence-electron chi connectivity index (χ1n) is 9.26. The first kappa shape index (κ1) is 16.1. The number of hydrogen-bond acceptors (Lipinski definition) is 3. The standard InChI is InChI=1S/C20H27NO3/c1-14-5-2-3-6-16(14)20(9-10-20)19(23)21-11-4-7-17(21)15-13-24-12-8-18(15)22/h2-3,5-6,15,17-18,22H,4,7-13H2,1H3/t15-,17-,18+/m1/s1. The molecule has 3 fully saturated rings. The van der Waals surface area contributed by atoms with Gasteiger partial charge in [0.15, 0.2) is 0 Å². The molecule has 2 aliphatic heterocycles. The summed E-state index contributed by atoms with van der Waals surface area (Å²) in [6.07, 6.45) is 4.26. The van der Waals surface area contributed by atoms with E-state index in [4.69, 9.17) is 4.74 Å². The summed E-state index contributed by atoms with van der Waals surface area (Å²) in [6, 6.07) is 8.42. The van der Waals surface area contributed by atoms with Crippen molar-refractivity contribution in [2.45, 2.75) is 56.6 Å². The summed E-state index contributed by atoms with van der Waals surface area (Å²) in [7, 11) is 0. The fraction of sp³-hybridized carbons (Fsp3) is 0.650. The lowest BCUT2D eigenvalue weighted by molar-refractivity contribution is -0.139. The first-order chi connectivity index (χ1) is 11.6. The maximum Gasteiger partial charge on any atom is 0.233 e. The second-order valence-electron chi connectivity index (χ2n) is 7.70. The molecule has 1 aromatic carbocycles. The third-order valence-corrected chi connectivity index (χ3v) is 6.24. The minimum Gasteiger partial charge on any atom is -0.393 e. The van der Waals surface area contributed by atoms with Crippen LogP contribution in [-0.4, -0.2) is 47.8 Å². The summed E-state index contributed by atoms with van der Waals surface area (Å²) in [5.74, 6) is 0.343. The number of nitrogens with zero attached hydrogens (tertiary/aromatic N) is 1. The van der Waals surface area contributed by atoms with Gasteiger partial charge in [-0.05, 0) is 50.2 Å². The van der Waals surface area contributed by atoms with Gasteiger partial charge in [-0.3, -0.25) is 4.79 Å². The molecule has 1 amide bonds. The van der Waals surface area contributed by atoms with Crippen molar-refractivity contribution in [1.82, 2.24) is 4.90 Å². The van der Waals surface area contributed by atoms with Crippen LogP contribution in [0.15, 0.2) is 24.3 Å². The maximum absolute atomic E-state index is 13.4. The molecule has 1 aromatic rings. The molecular weight excluding hydrogens is 302 g/mol. The van der Waals surface area contributed by atoms with Crippen LogP contribution in [0.3, 0.4) is 0 Å². The molecule has 1 N–H and O–H groups in total. The average molecular weight is 329 g/mol. The number of aliphatic hydroxyl groups is 1. The number of ether oxygens (including phenoxy) is 1. The summed E-state index contributed by atoms with van der Waals surface area (Å²) in [5.41, 5.74) is 2.09. The van der Waals surface area contributed by atoms with Gasteiger partial charge in [-0.25, -0.2) is 0 Å². The molecule has 1 saturated carbocycles. The van der Waals surface area contributed by atoms with E-state index in [-0.39, 0.29) is 29.4 Å². The van der Waals surface area contributed by atoms with Gasteiger partial charge in [-0.1, -0.05) is 24.3 Å². The van der Waals surface area contributed by atoms with E-state index in [2.05, 4.69) is 24.0 Å². The number of aliphatic hydroxyl groups excluding tert-OH is 1. The molecule has 3 aliphatic rings. The van der Waals surface area contributed by atoms with E-state index in [1.807, 2.05) is 12.1 Å². The van der Waals surface area contributed by atoms with Gasteiger partial charge in [0.2, 0.25) is 5.91 Å². The smallest absolute Gasteiger partial charge is 0.233 e. The van der Waals surface area contributed by atoms with Crippen molar-refractivity contribution in [3.63, 3.8) is 0 Å². The minimum absolute atomic E-state index is 0.0675. The van der Waals surface area contributed by atoms with Crippen LogP contribution in [0, 0.1) is 12.8 Å². The van der Waals surface area contributed by atoms with Crippen molar-refractivity contribution in [1.29, 1.82) is 0 Å². The molecule has 130 valence electrons. The normalized spacial score (nSPS) is 31.9. The zero-order valence-corrected chi connectivity index (χ0v) is 14.4. The zero-order valence-electron chi connectivity index (χ0n) is 14.4. The summed E-state index contributed by atoms with van der Waals surface area (Å²) in [4.78, 5) is 15.5. The van der Waals surface area contributed by atoms with Crippen LogP contribution in [-0.2, 0) is 14.9 Å². The molecule has 2 heterocycles. The number of hydrogen-bond donors (Lipinski definition) is 1. The third kappa shape index (κ3) is 2.56. The summed E-state index contributed by atoms with van der Waals surface area (Å²) >= 11 is 0. The molecule has 4 nitrogen and oxygen atoms in total. The molecule has 4 heteroatoms. The number of aryl methyl sites for hydroxylation is 1.